The number of hydrogen-bond donors (Lipinski definition) is 2. The summed E-state index contributed by atoms with van der Waals surface area (Å²) in [6, 6.07) is 8.29. The van der Waals surface area contributed by atoms with Crippen LogP contribution in [0.15, 0.2) is 41.0 Å². The van der Waals surface area contributed by atoms with Crippen LogP contribution in [0, 0.1) is 5.92 Å². The maximum absolute atomic E-state index is 12.6. The van der Waals surface area contributed by atoms with Crippen LogP contribution < -0.4 is 10.6 Å². The molecular weight excluding hydrogens is 408 g/mol. The van der Waals surface area contributed by atoms with E-state index in [1.165, 1.54) is 6.07 Å². The minimum atomic E-state index is -0.458. The highest BCUT2D eigenvalue weighted by atomic mass is 35.5. The molecule has 30 heavy (non-hydrogen) atoms. The van der Waals surface area contributed by atoms with Crippen molar-refractivity contribution in [3.8, 4) is 0 Å². The van der Waals surface area contributed by atoms with E-state index in [0.717, 1.165) is 0 Å². The number of nitrogens with one attached hydrogen (secondary N) is 2. The van der Waals surface area contributed by atoms with Crippen LogP contribution in [0.1, 0.15) is 22.5 Å². The largest absolute Gasteiger partial charge is 0.467 e. The summed E-state index contributed by atoms with van der Waals surface area (Å²) in [5.41, 5.74) is 0.820. The topological polar surface area (TPSA) is 94.9 Å². The number of nitrogens with zero attached hydrogens (tertiary/aromatic N) is 2. The van der Waals surface area contributed by atoms with Gasteiger partial charge in [-0.15, -0.1) is 0 Å². The summed E-state index contributed by atoms with van der Waals surface area (Å²) in [7, 11) is 3.84. The second kappa shape index (κ2) is 9.77. The Morgan fingerprint density at radius 1 is 1.30 bits per heavy atom. The monoisotopic (exact) mass is 432 g/mol. The van der Waals surface area contributed by atoms with Gasteiger partial charge in [-0.05, 0) is 44.4 Å². The molecule has 0 unspecified atom stereocenters. The first-order chi connectivity index (χ1) is 14.3. The molecule has 0 spiro atoms. The molecular formula is C21H25ClN4O4. The number of likely N-dealkylation sites (tertiary alicyclic amines) is 1. The average Bonchev–Trinajstić information content (AvgIpc) is 3.32. The van der Waals surface area contributed by atoms with Crippen LogP contribution in [0.25, 0.3) is 0 Å². The lowest BCUT2D eigenvalue weighted by molar-refractivity contribution is -0.128. The van der Waals surface area contributed by atoms with Crippen molar-refractivity contribution in [3.05, 3.63) is 52.9 Å². The van der Waals surface area contributed by atoms with Gasteiger partial charge in [0.2, 0.25) is 11.8 Å². The Bertz CT molecular complexity index is 914. The first kappa shape index (κ1) is 21.9. The molecule has 2 aromatic rings. The van der Waals surface area contributed by atoms with Crippen LogP contribution in [0.4, 0.5) is 5.69 Å². The van der Waals surface area contributed by atoms with Gasteiger partial charge in [0, 0.05) is 31.7 Å². The zero-order valence-corrected chi connectivity index (χ0v) is 17.7. The molecule has 1 aliphatic heterocycles. The zero-order chi connectivity index (χ0) is 21.7. The number of anilines is 1. The third-order valence-electron chi connectivity index (χ3n) is 4.84. The molecule has 1 fully saturated rings. The Morgan fingerprint density at radius 3 is 2.77 bits per heavy atom. The van der Waals surface area contributed by atoms with Gasteiger partial charge in [-0.2, -0.15) is 0 Å². The van der Waals surface area contributed by atoms with Crippen LogP contribution >= 0.6 is 11.6 Å². The van der Waals surface area contributed by atoms with Gasteiger partial charge in [0.15, 0.2) is 0 Å². The van der Waals surface area contributed by atoms with Gasteiger partial charge in [-0.25, -0.2) is 0 Å². The highest BCUT2D eigenvalue weighted by Crippen LogP contribution is 2.24. The summed E-state index contributed by atoms with van der Waals surface area (Å²) in [6.07, 6.45) is 1.70. The summed E-state index contributed by atoms with van der Waals surface area (Å²) in [5.74, 6) is -0.399. The molecule has 0 aliphatic carbocycles. The lowest BCUT2D eigenvalue weighted by Gasteiger charge is -2.15. The van der Waals surface area contributed by atoms with E-state index in [1.807, 2.05) is 19.0 Å². The van der Waals surface area contributed by atoms with E-state index in [1.54, 1.807) is 35.4 Å². The van der Waals surface area contributed by atoms with Crippen molar-refractivity contribution in [2.45, 2.75) is 13.0 Å². The zero-order valence-electron chi connectivity index (χ0n) is 17.0. The van der Waals surface area contributed by atoms with Gasteiger partial charge in [-0.3, -0.25) is 14.4 Å². The standard InChI is InChI=1S/C21H25ClN4O4/c1-25(2)8-7-23-21(29)17-6-5-15(11-18(17)22)24-20(28)14-10-19(27)26(12-14)13-16-4-3-9-30-16/h3-6,9,11,14H,7-8,10,12-13H2,1-2H3,(H,23,29)(H,24,28)/t14-/m1/s1. The maximum Gasteiger partial charge on any atom is 0.252 e. The Labute approximate surface area is 180 Å². The first-order valence-corrected chi connectivity index (χ1v) is 10.0. The lowest BCUT2D eigenvalue weighted by atomic mass is 10.1. The van der Waals surface area contributed by atoms with Crippen LogP contribution in [0.2, 0.25) is 5.02 Å². The van der Waals surface area contributed by atoms with E-state index < -0.39 is 5.92 Å². The van der Waals surface area contributed by atoms with E-state index in [-0.39, 0.29) is 29.2 Å². The molecule has 160 valence electrons. The molecule has 1 aromatic heterocycles. The minimum Gasteiger partial charge on any atom is -0.467 e. The van der Waals surface area contributed by atoms with Gasteiger partial charge in [-0.1, -0.05) is 11.6 Å². The predicted octanol–water partition coefficient (Wildman–Crippen LogP) is 2.21. The highest BCUT2D eigenvalue weighted by molar-refractivity contribution is 6.34. The van der Waals surface area contributed by atoms with Gasteiger partial charge in [0.1, 0.15) is 5.76 Å². The van der Waals surface area contributed by atoms with Crippen molar-refractivity contribution in [2.75, 3.05) is 39.0 Å². The second-order valence-electron chi connectivity index (χ2n) is 7.50. The molecule has 3 rings (SSSR count). The number of hydrogen-bond acceptors (Lipinski definition) is 5. The summed E-state index contributed by atoms with van der Waals surface area (Å²) >= 11 is 6.24. The number of furan rings is 1. The number of carbonyl (C=O) groups is 3. The molecule has 0 radical (unpaired) electrons. The predicted molar refractivity (Wildman–Crippen MR) is 113 cm³/mol. The molecule has 8 nitrogen and oxygen atoms in total. The lowest BCUT2D eigenvalue weighted by Crippen LogP contribution is -2.31. The minimum absolute atomic E-state index is 0.0886. The summed E-state index contributed by atoms with van der Waals surface area (Å²) in [6.45, 7) is 1.89. The fourth-order valence-electron chi connectivity index (χ4n) is 3.20. The van der Waals surface area contributed by atoms with E-state index in [9.17, 15) is 14.4 Å². The van der Waals surface area contributed by atoms with E-state index in [0.29, 0.717) is 43.2 Å². The fourth-order valence-corrected chi connectivity index (χ4v) is 3.47. The number of halogens is 1. The molecule has 1 aromatic carbocycles. The second-order valence-corrected chi connectivity index (χ2v) is 7.90. The molecule has 1 saturated heterocycles. The number of benzene rings is 1. The van der Waals surface area contributed by atoms with Crippen LogP contribution in [-0.4, -0.2) is 61.3 Å². The molecule has 0 saturated carbocycles. The van der Waals surface area contributed by atoms with E-state index >= 15 is 0 Å². The number of rotatable bonds is 8. The third-order valence-corrected chi connectivity index (χ3v) is 5.15. The fraction of sp³-hybridized carbons (Fsp3) is 0.381. The summed E-state index contributed by atoms with van der Waals surface area (Å²) in [4.78, 5) is 40.6. The van der Waals surface area contributed by atoms with Gasteiger partial charge in [0.05, 0.1) is 29.3 Å². The summed E-state index contributed by atoms with van der Waals surface area (Å²) < 4.78 is 5.27. The SMILES string of the molecule is CN(C)CCNC(=O)c1ccc(NC(=O)[C@@H]2CC(=O)N(Cc3ccco3)C2)cc1Cl. The van der Waals surface area contributed by atoms with Crippen molar-refractivity contribution < 1.29 is 18.8 Å². The van der Waals surface area contributed by atoms with Crippen molar-refractivity contribution in [1.29, 1.82) is 0 Å². The third kappa shape index (κ3) is 5.61. The Balaban J connectivity index is 1.55. The number of carbonyl (C=O) groups excluding carboxylic acids is 3. The van der Waals surface area contributed by atoms with Crippen molar-refractivity contribution in [3.63, 3.8) is 0 Å². The van der Waals surface area contributed by atoms with E-state index in [4.69, 9.17) is 16.0 Å². The molecule has 9 heteroatoms. The Morgan fingerprint density at radius 2 is 2.10 bits per heavy atom. The van der Waals surface area contributed by atoms with Crippen LogP contribution in [0.5, 0.6) is 0 Å². The van der Waals surface area contributed by atoms with Gasteiger partial charge in [0.25, 0.3) is 5.91 Å². The van der Waals surface area contributed by atoms with Crippen molar-refractivity contribution in [1.82, 2.24) is 15.1 Å². The highest BCUT2D eigenvalue weighted by Gasteiger charge is 2.34. The summed E-state index contributed by atoms with van der Waals surface area (Å²) in [5, 5.41) is 5.83. The van der Waals surface area contributed by atoms with Gasteiger partial charge >= 0.3 is 0 Å². The maximum atomic E-state index is 12.6. The van der Waals surface area contributed by atoms with Crippen molar-refractivity contribution in [2.24, 2.45) is 5.92 Å². The number of amides is 3. The molecule has 0 bridgehead atoms. The molecule has 1 atom stereocenters. The Kier molecular flexibility index (Phi) is 7.12. The normalized spacial score (nSPS) is 16.2. The van der Waals surface area contributed by atoms with Gasteiger partial charge < -0.3 is 24.9 Å². The Hall–Kier alpha value is -2.84. The van der Waals surface area contributed by atoms with Crippen molar-refractivity contribution >= 4 is 35.0 Å². The van der Waals surface area contributed by atoms with E-state index in [2.05, 4.69) is 10.6 Å². The van der Waals surface area contributed by atoms with Crippen LogP contribution in [-0.2, 0) is 16.1 Å². The van der Waals surface area contributed by atoms with Crippen LogP contribution in [0.3, 0.4) is 0 Å². The molecule has 2 N–H and O–H groups in total. The molecule has 2 heterocycles. The first-order valence-electron chi connectivity index (χ1n) is 9.67. The quantitative estimate of drug-likeness (QED) is 0.667. The number of likely N-dealkylation sites (N-methyl/N-ethyl adjacent to an activating group) is 1. The molecule has 1 aliphatic rings. The molecule has 3 amide bonds. The smallest absolute Gasteiger partial charge is 0.252 e. The average molecular weight is 433 g/mol.